The summed E-state index contributed by atoms with van der Waals surface area (Å²) < 4.78 is 5.51. The summed E-state index contributed by atoms with van der Waals surface area (Å²) in [5.74, 6) is -1.19. The Labute approximate surface area is 143 Å². The molecule has 1 amide bonds. The maximum atomic E-state index is 12.3. The first-order chi connectivity index (χ1) is 11.6. The number of anilines is 1. The van der Waals surface area contributed by atoms with E-state index in [2.05, 4.69) is 10.3 Å². The summed E-state index contributed by atoms with van der Waals surface area (Å²) in [5, 5.41) is 13.1. The van der Waals surface area contributed by atoms with Gasteiger partial charge in [-0.25, -0.2) is 4.98 Å². The number of nitrogens with zero attached hydrogens (tertiary/aromatic N) is 1. The zero-order valence-corrected chi connectivity index (χ0v) is 13.8. The first kappa shape index (κ1) is 16.6. The van der Waals surface area contributed by atoms with Crippen LogP contribution in [0, 0.1) is 5.92 Å². The minimum absolute atomic E-state index is 0.0638. The second-order valence-corrected chi connectivity index (χ2v) is 6.74. The van der Waals surface area contributed by atoms with Crippen LogP contribution in [0.15, 0.2) is 36.5 Å². The maximum Gasteiger partial charge on any atom is 0.303 e. The second kappa shape index (κ2) is 7.55. The molecule has 1 aliphatic heterocycles. The summed E-state index contributed by atoms with van der Waals surface area (Å²) in [5.41, 5.74) is 1.01. The summed E-state index contributed by atoms with van der Waals surface area (Å²) in [6, 6.07) is 9.79. The standard InChI is InChI=1S/C17H18N2O4S/c20-15(21)7-6-13-8-12(10-23-13)16(22)19-14-9-18-17(24-14)11-4-2-1-3-5-11/h1-5,9,12-13H,6-8,10H2,(H,19,22)(H,20,21). The molecule has 0 spiro atoms. The Morgan fingerprint density at radius 1 is 1.33 bits per heavy atom. The molecular weight excluding hydrogens is 328 g/mol. The van der Waals surface area contributed by atoms with E-state index in [1.54, 1.807) is 6.20 Å². The van der Waals surface area contributed by atoms with Gasteiger partial charge >= 0.3 is 5.97 Å². The highest BCUT2D eigenvalue weighted by Crippen LogP contribution is 2.30. The van der Waals surface area contributed by atoms with Crippen LogP contribution >= 0.6 is 11.3 Å². The number of rotatable bonds is 6. The quantitative estimate of drug-likeness (QED) is 0.839. The van der Waals surface area contributed by atoms with Gasteiger partial charge in [0.05, 0.1) is 24.8 Å². The zero-order valence-electron chi connectivity index (χ0n) is 13.0. The lowest BCUT2D eigenvalue weighted by atomic mass is 10.0. The molecule has 24 heavy (non-hydrogen) atoms. The molecule has 1 saturated heterocycles. The van der Waals surface area contributed by atoms with Gasteiger partial charge in [-0.3, -0.25) is 9.59 Å². The van der Waals surface area contributed by atoms with Crippen LogP contribution in [-0.2, 0) is 14.3 Å². The molecule has 1 aliphatic rings. The number of hydrogen-bond acceptors (Lipinski definition) is 5. The van der Waals surface area contributed by atoms with Gasteiger partial charge in [-0.15, -0.1) is 0 Å². The van der Waals surface area contributed by atoms with E-state index >= 15 is 0 Å². The maximum absolute atomic E-state index is 12.3. The van der Waals surface area contributed by atoms with E-state index in [0.29, 0.717) is 24.4 Å². The van der Waals surface area contributed by atoms with E-state index < -0.39 is 5.97 Å². The molecule has 2 aromatic rings. The van der Waals surface area contributed by atoms with Gasteiger partial charge in [0.15, 0.2) is 0 Å². The lowest BCUT2D eigenvalue weighted by molar-refractivity contribution is -0.137. The Morgan fingerprint density at radius 3 is 2.88 bits per heavy atom. The van der Waals surface area contributed by atoms with Crippen molar-refractivity contribution in [2.24, 2.45) is 5.92 Å². The number of amides is 1. The number of carbonyl (C=O) groups excluding carboxylic acids is 1. The number of benzene rings is 1. The predicted molar refractivity (Wildman–Crippen MR) is 90.9 cm³/mol. The van der Waals surface area contributed by atoms with Crippen molar-refractivity contribution in [3.05, 3.63) is 36.5 Å². The van der Waals surface area contributed by atoms with E-state index in [1.165, 1.54) is 11.3 Å². The van der Waals surface area contributed by atoms with Gasteiger partial charge in [0.1, 0.15) is 10.0 Å². The largest absolute Gasteiger partial charge is 0.481 e. The van der Waals surface area contributed by atoms with E-state index in [4.69, 9.17) is 9.84 Å². The molecule has 1 fully saturated rings. The Balaban J connectivity index is 1.54. The van der Waals surface area contributed by atoms with Crippen molar-refractivity contribution in [2.45, 2.75) is 25.4 Å². The van der Waals surface area contributed by atoms with E-state index in [-0.39, 0.29) is 24.3 Å². The van der Waals surface area contributed by atoms with Crippen LogP contribution in [0.25, 0.3) is 10.6 Å². The summed E-state index contributed by atoms with van der Waals surface area (Å²) in [4.78, 5) is 27.2. The fourth-order valence-electron chi connectivity index (χ4n) is 2.64. The van der Waals surface area contributed by atoms with E-state index in [1.807, 2.05) is 30.3 Å². The summed E-state index contributed by atoms with van der Waals surface area (Å²) >= 11 is 1.43. The van der Waals surface area contributed by atoms with E-state index in [9.17, 15) is 9.59 Å². The minimum atomic E-state index is -0.843. The molecule has 2 heterocycles. The molecule has 1 aromatic heterocycles. The molecule has 0 aliphatic carbocycles. The van der Waals surface area contributed by atoms with Crippen LogP contribution < -0.4 is 5.32 Å². The van der Waals surface area contributed by atoms with Crippen molar-refractivity contribution < 1.29 is 19.4 Å². The van der Waals surface area contributed by atoms with Crippen LogP contribution in [0.3, 0.4) is 0 Å². The molecule has 3 rings (SSSR count). The highest BCUT2D eigenvalue weighted by molar-refractivity contribution is 7.19. The molecule has 2 N–H and O–H groups in total. The van der Waals surface area contributed by atoms with Gasteiger partial charge in [-0.2, -0.15) is 0 Å². The van der Waals surface area contributed by atoms with Crippen molar-refractivity contribution in [3.63, 3.8) is 0 Å². The average molecular weight is 346 g/mol. The Kier molecular flexibility index (Phi) is 5.22. The van der Waals surface area contributed by atoms with Crippen molar-refractivity contribution in [1.29, 1.82) is 0 Å². The number of carboxylic acid groups (broad SMARTS) is 1. The first-order valence-corrected chi connectivity index (χ1v) is 8.59. The molecule has 0 radical (unpaired) electrons. The highest BCUT2D eigenvalue weighted by atomic mass is 32.1. The zero-order chi connectivity index (χ0) is 16.9. The third-order valence-electron chi connectivity index (χ3n) is 3.90. The van der Waals surface area contributed by atoms with Gasteiger partial charge < -0.3 is 15.2 Å². The van der Waals surface area contributed by atoms with Gasteiger partial charge in [0.25, 0.3) is 0 Å². The predicted octanol–water partition coefficient (Wildman–Crippen LogP) is 3.02. The van der Waals surface area contributed by atoms with E-state index in [0.717, 1.165) is 10.6 Å². The number of hydrogen-bond donors (Lipinski definition) is 2. The third-order valence-corrected chi connectivity index (χ3v) is 4.87. The summed E-state index contributed by atoms with van der Waals surface area (Å²) in [6.07, 6.45) is 2.57. The first-order valence-electron chi connectivity index (χ1n) is 7.77. The normalized spacial score (nSPS) is 20.0. The summed E-state index contributed by atoms with van der Waals surface area (Å²) in [7, 11) is 0. The molecule has 6 nitrogen and oxygen atoms in total. The lowest BCUT2D eigenvalue weighted by Gasteiger charge is -2.08. The van der Waals surface area contributed by atoms with Crippen LogP contribution in [0.1, 0.15) is 19.3 Å². The number of thiazole rings is 1. The lowest BCUT2D eigenvalue weighted by Crippen LogP contribution is -2.22. The topological polar surface area (TPSA) is 88.5 Å². The van der Waals surface area contributed by atoms with Gasteiger partial charge in [-0.1, -0.05) is 41.7 Å². The number of ether oxygens (including phenoxy) is 1. The van der Waals surface area contributed by atoms with Crippen molar-refractivity contribution >= 4 is 28.2 Å². The highest BCUT2D eigenvalue weighted by Gasteiger charge is 2.31. The molecule has 1 aromatic carbocycles. The fraction of sp³-hybridized carbons (Fsp3) is 0.353. The SMILES string of the molecule is O=C(O)CCC1CC(C(=O)Nc2cnc(-c3ccccc3)s2)CO1. The molecule has 0 saturated carbocycles. The van der Waals surface area contributed by atoms with Crippen LogP contribution in [0.2, 0.25) is 0 Å². The minimum Gasteiger partial charge on any atom is -0.481 e. The molecule has 126 valence electrons. The molecule has 2 unspecified atom stereocenters. The van der Waals surface area contributed by atoms with Gasteiger partial charge in [0, 0.05) is 12.0 Å². The van der Waals surface area contributed by atoms with Crippen molar-refractivity contribution in [2.75, 3.05) is 11.9 Å². The Bertz CT molecular complexity index is 716. The fourth-order valence-corrected chi connectivity index (χ4v) is 3.47. The Hall–Kier alpha value is -2.25. The average Bonchev–Trinajstić information content (AvgIpc) is 3.23. The van der Waals surface area contributed by atoms with Crippen LogP contribution in [-0.4, -0.2) is 34.7 Å². The third kappa shape index (κ3) is 4.18. The molecule has 2 atom stereocenters. The number of carbonyl (C=O) groups is 2. The number of nitrogens with one attached hydrogen (secondary N) is 1. The van der Waals surface area contributed by atoms with Gasteiger partial charge in [-0.05, 0) is 12.8 Å². The van der Waals surface area contributed by atoms with Crippen LogP contribution in [0.5, 0.6) is 0 Å². The number of aromatic nitrogens is 1. The second-order valence-electron chi connectivity index (χ2n) is 5.71. The van der Waals surface area contributed by atoms with Gasteiger partial charge in [0.2, 0.25) is 5.91 Å². The summed E-state index contributed by atoms with van der Waals surface area (Å²) in [6.45, 7) is 0.334. The van der Waals surface area contributed by atoms with Crippen molar-refractivity contribution in [1.82, 2.24) is 4.98 Å². The number of aliphatic carboxylic acids is 1. The van der Waals surface area contributed by atoms with Crippen molar-refractivity contribution in [3.8, 4) is 10.6 Å². The Morgan fingerprint density at radius 2 is 2.12 bits per heavy atom. The molecule has 0 bridgehead atoms. The monoisotopic (exact) mass is 346 g/mol. The molecular formula is C17H18N2O4S. The van der Waals surface area contributed by atoms with Crippen LogP contribution in [0.4, 0.5) is 5.00 Å². The smallest absolute Gasteiger partial charge is 0.303 e. The number of carboxylic acids is 1. The molecule has 7 heteroatoms.